The molecule has 0 bridgehead atoms. The van der Waals surface area contributed by atoms with E-state index >= 15 is 0 Å². The van der Waals surface area contributed by atoms with Crippen LogP contribution in [0.1, 0.15) is 0 Å². The van der Waals surface area contributed by atoms with Gasteiger partial charge in [-0.1, -0.05) is 6.07 Å². The summed E-state index contributed by atoms with van der Waals surface area (Å²) < 4.78 is 73.9. The zero-order chi connectivity index (χ0) is 15.9. The van der Waals surface area contributed by atoms with Crippen LogP contribution in [-0.2, 0) is 10.0 Å². The molecule has 0 saturated carbocycles. The molecule has 0 fully saturated rings. The average Bonchev–Trinajstić information content (AvgIpc) is 2.96. The van der Waals surface area contributed by atoms with E-state index in [1.165, 1.54) is 12.1 Å². The minimum atomic E-state index is -4.24. The Kier molecular flexibility index (Phi) is 3.49. The van der Waals surface area contributed by atoms with E-state index in [9.17, 15) is 21.6 Å². The lowest BCUT2D eigenvalue weighted by Crippen LogP contribution is -2.15. The Labute approximate surface area is 126 Å². The zero-order valence-corrected chi connectivity index (χ0v) is 12.2. The number of aromatic nitrogens is 2. The van der Waals surface area contributed by atoms with Crippen molar-refractivity contribution in [3.05, 3.63) is 47.8 Å². The first-order valence-electron chi connectivity index (χ1n) is 5.78. The van der Waals surface area contributed by atoms with Gasteiger partial charge in [-0.05, 0) is 24.3 Å². The molecule has 0 spiro atoms. The lowest BCUT2D eigenvalue weighted by molar-refractivity contribution is 0.449. The summed E-state index contributed by atoms with van der Waals surface area (Å²) in [5.74, 6) is -4.79. The summed E-state index contributed by atoms with van der Waals surface area (Å²) in [6, 6.07) is 5.69. The summed E-state index contributed by atoms with van der Waals surface area (Å²) in [7, 11) is -4.24. The van der Waals surface area contributed by atoms with Gasteiger partial charge < -0.3 is 0 Å². The van der Waals surface area contributed by atoms with E-state index < -0.39 is 33.2 Å². The van der Waals surface area contributed by atoms with Gasteiger partial charge in [0.25, 0.3) is 10.0 Å². The van der Waals surface area contributed by atoms with Crippen LogP contribution in [0.5, 0.6) is 0 Å². The molecule has 0 radical (unpaired) electrons. The molecule has 0 aliphatic carbocycles. The molecule has 0 amide bonds. The molecular weight excluding hydrogens is 339 g/mol. The molecule has 1 aromatic heterocycles. The van der Waals surface area contributed by atoms with Gasteiger partial charge in [0.2, 0.25) is 0 Å². The SMILES string of the molecule is O=S(=O)(Nc1ccc(F)c(F)c1F)c1cccc2nsnc12. The standard InChI is InChI=1S/C12H6F3N3O2S2/c13-6-4-5-7(11(15)10(6)14)18-22(19,20)9-3-1-2-8-12(9)17-21-16-8/h1-5,18H. The van der Waals surface area contributed by atoms with Crippen LogP contribution in [0.2, 0.25) is 0 Å². The lowest BCUT2D eigenvalue weighted by Gasteiger charge is -2.09. The Morgan fingerprint density at radius 1 is 1.00 bits per heavy atom. The molecule has 5 nitrogen and oxygen atoms in total. The van der Waals surface area contributed by atoms with Crippen LogP contribution in [0, 0.1) is 17.5 Å². The van der Waals surface area contributed by atoms with E-state index in [2.05, 4.69) is 8.75 Å². The molecule has 0 saturated heterocycles. The van der Waals surface area contributed by atoms with Crippen molar-refractivity contribution in [1.29, 1.82) is 0 Å². The fourth-order valence-corrected chi connectivity index (χ4v) is 3.63. The summed E-state index contributed by atoms with van der Waals surface area (Å²) in [5, 5.41) is 0. The maximum absolute atomic E-state index is 13.6. The van der Waals surface area contributed by atoms with Crippen molar-refractivity contribution in [2.75, 3.05) is 4.72 Å². The second-order valence-corrected chi connectivity index (χ2v) is 6.40. The van der Waals surface area contributed by atoms with Crippen molar-refractivity contribution in [2.24, 2.45) is 0 Å². The van der Waals surface area contributed by atoms with Crippen LogP contribution >= 0.6 is 11.7 Å². The number of hydrogen-bond acceptors (Lipinski definition) is 5. The highest BCUT2D eigenvalue weighted by atomic mass is 32.2. The van der Waals surface area contributed by atoms with E-state index in [0.29, 0.717) is 11.6 Å². The quantitative estimate of drug-likeness (QED) is 0.741. The van der Waals surface area contributed by atoms with Crippen LogP contribution in [0.25, 0.3) is 11.0 Å². The van der Waals surface area contributed by atoms with Crippen molar-refractivity contribution in [3.8, 4) is 0 Å². The molecule has 10 heteroatoms. The van der Waals surface area contributed by atoms with Gasteiger partial charge in [0.05, 0.1) is 17.4 Å². The number of nitrogens with one attached hydrogen (secondary N) is 1. The van der Waals surface area contributed by atoms with Crippen molar-refractivity contribution in [2.45, 2.75) is 4.90 Å². The van der Waals surface area contributed by atoms with Gasteiger partial charge >= 0.3 is 0 Å². The number of benzene rings is 2. The third-order valence-electron chi connectivity index (χ3n) is 2.82. The maximum Gasteiger partial charge on any atom is 0.264 e. The highest BCUT2D eigenvalue weighted by Crippen LogP contribution is 2.26. The third kappa shape index (κ3) is 2.40. The molecule has 1 N–H and O–H groups in total. The first-order chi connectivity index (χ1) is 10.4. The molecule has 0 atom stereocenters. The summed E-state index contributed by atoms with van der Waals surface area (Å²) in [6.45, 7) is 0. The summed E-state index contributed by atoms with van der Waals surface area (Å²) in [5.41, 5.74) is -0.222. The Morgan fingerprint density at radius 2 is 1.77 bits per heavy atom. The lowest BCUT2D eigenvalue weighted by atomic mass is 10.3. The fourth-order valence-electron chi connectivity index (χ4n) is 1.80. The highest BCUT2D eigenvalue weighted by molar-refractivity contribution is 7.93. The van der Waals surface area contributed by atoms with Gasteiger partial charge in [-0.2, -0.15) is 8.75 Å². The molecule has 114 valence electrons. The predicted molar refractivity (Wildman–Crippen MR) is 74.5 cm³/mol. The van der Waals surface area contributed by atoms with Crippen LogP contribution in [0.4, 0.5) is 18.9 Å². The monoisotopic (exact) mass is 345 g/mol. The van der Waals surface area contributed by atoms with E-state index in [1.807, 2.05) is 4.72 Å². The van der Waals surface area contributed by atoms with Crippen LogP contribution in [-0.4, -0.2) is 17.2 Å². The Bertz CT molecular complexity index is 973. The molecule has 2 aromatic carbocycles. The molecule has 22 heavy (non-hydrogen) atoms. The van der Waals surface area contributed by atoms with Gasteiger partial charge in [-0.15, -0.1) is 0 Å². The van der Waals surface area contributed by atoms with Gasteiger partial charge in [0.1, 0.15) is 15.9 Å². The molecule has 0 aliphatic heterocycles. The molecule has 1 heterocycles. The second kappa shape index (κ2) is 5.21. The van der Waals surface area contributed by atoms with E-state index in [-0.39, 0.29) is 10.4 Å². The predicted octanol–water partition coefficient (Wildman–Crippen LogP) is 2.91. The van der Waals surface area contributed by atoms with Crippen molar-refractivity contribution >= 4 is 38.5 Å². The number of halogens is 3. The smallest absolute Gasteiger partial charge is 0.264 e. The average molecular weight is 345 g/mol. The number of nitrogens with zero attached hydrogens (tertiary/aromatic N) is 2. The summed E-state index contributed by atoms with van der Waals surface area (Å²) >= 11 is 0.821. The van der Waals surface area contributed by atoms with Gasteiger partial charge in [-0.25, -0.2) is 21.6 Å². The number of hydrogen-bond donors (Lipinski definition) is 1. The van der Waals surface area contributed by atoms with Crippen LogP contribution in [0.3, 0.4) is 0 Å². The molecular formula is C12H6F3N3O2S2. The molecule has 3 aromatic rings. The maximum atomic E-state index is 13.6. The largest absolute Gasteiger partial charge is 0.276 e. The number of sulfonamides is 1. The minimum absolute atomic E-state index is 0.114. The van der Waals surface area contributed by atoms with E-state index in [4.69, 9.17) is 0 Å². The number of rotatable bonds is 3. The first-order valence-corrected chi connectivity index (χ1v) is 7.99. The number of fused-ring (bicyclic) bond motifs is 1. The minimum Gasteiger partial charge on any atom is -0.276 e. The summed E-state index contributed by atoms with van der Waals surface area (Å²) in [6.07, 6.45) is 0. The zero-order valence-electron chi connectivity index (χ0n) is 10.5. The Hall–Kier alpha value is -2.20. The Morgan fingerprint density at radius 3 is 2.55 bits per heavy atom. The molecule has 0 unspecified atom stereocenters. The first kappa shape index (κ1) is 14.7. The Balaban J connectivity index is 2.08. The summed E-state index contributed by atoms with van der Waals surface area (Å²) in [4.78, 5) is -0.233. The molecule has 0 aliphatic rings. The number of anilines is 1. The van der Waals surface area contributed by atoms with E-state index in [0.717, 1.165) is 17.8 Å². The van der Waals surface area contributed by atoms with Crippen LogP contribution < -0.4 is 4.72 Å². The third-order valence-corrected chi connectivity index (χ3v) is 4.76. The van der Waals surface area contributed by atoms with Crippen LogP contribution in [0.15, 0.2) is 35.2 Å². The van der Waals surface area contributed by atoms with Gasteiger partial charge in [0, 0.05) is 0 Å². The van der Waals surface area contributed by atoms with Crippen molar-refractivity contribution in [3.63, 3.8) is 0 Å². The topological polar surface area (TPSA) is 72.0 Å². The van der Waals surface area contributed by atoms with Crippen molar-refractivity contribution < 1.29 is 21.6 Å². The normalized spacial score (nSPS) is 11.8. The second-order valence-electron chi connectivity index (χ2n) is 4.22. The van der Waals surface area contributed by atoms with Crippen molar-refractivity contribution in [1.82, 2.24) is 8.75 Å². The fraction of sp³-hybridized carbons (Fsp3) is 0. The van der Waals surface area contributed by atoms with Gasteiger partial charge in [0.15, 0.2) is 17.5 Å². The van der Waals surface area contributed by atoms with Gasteiger partial charge in [-0.3, -0.25) is 4.72 Å². The van der Waals surface area contributed by atoms with E-state index in [1.54, 1.807) is 6.07 Å². The molecule has 3 rings (SSSR count). The highest BCUT2D eigenvalue weighted by Gasteiger charge is 2.23.